The number of carbonyl (C=O) groups excluding carboxylic acids is 1. The number of anilines is 1. The Hall–Kier alpha value is -3.75. The van der Waals surface area contributed by atoms with Gasteiger partial charge >= 0.3 is 0 Å². The lowest BCUT2D eigenvalue weighted by Gasteiger charge is -2.36. The molecule has 0 aliphatic carbocycles. The predicted octanol–water partition coefficient (Wildman–Crippen LogP) is 4.75. The van der Waals surface area contributed by atoms with Gasteiger partial charge in [0.25, 0.3) is 5.91 Å². The minimum Gasteiger partial charge on any atom is -0.369 e. The zero-order chi connectivity index (χ0) is 25.1. The van der Waals surface area contributed by atoms with Crippen molar-refractivity contribution in [1.29, 1.82) is 0 Å². The summed E-state index contributed by atoms with van der Waals surface area (Å²) in [7, 11) is 0. The lowest BCUT2D eigenvalue weighted by Crippen LogP contribution is -2.46. The third kappa shape index (κ3) is 5.24. The normalized spacial score (nSPS) is 14.1. The Morgan fingerprint density at radius 3 is 2.42 bits per heavy atom. The fourth-order valence-corrected chi connectivity index (χ4v) is 4.55. The molecule has 0 unspecified atom stereocenters. The van der Waals surface area contributed by atoms with E-state index >= 15 is 0 Å². The smallest absolute Gasteiger partial charge is 0.290 e. The molecule has 184 valence electrons. The van der Waals surface area contributed by atoms with E-state index in [0.29, 0.717) is 5.02 Å². The van der Waals surface area contributed by atoms with Crippen LogP contribution >= 0.6 is 11.6 Å². The first-order chi connectivity index (χ1) is 17.5. The summed E-state index contributed by atoms with van der Waals surface area (Å²) >= 11 is 6.11. The quantitative estimate of drug-likeness (QED) is 0.410. The van der Waals surface area contributed by atoms with E-state index in [1.54, 1.807) is 0 Å². The van der Waals surface area contributed by atoms with Gasteiger partial charge in [0, 0.05) is 67.1 Å². The number of piperazine rings is 1. The summed E-state index contributed by atoms with van der Waals surface area (Å²) in [6.45, 7) is 6.23. The van der Waals surface area contributed by atoms with Crippen LogP contribution in [0.25, 0.3) is 11.3 Å². The molecule has 2 aromatic carbocycles. The lowest BCUT2D eigenvalue weighted by molar-refractivity contribution is 0.100. The van der Waals surface area contributed by atoms with Crippen LogP contribution < -0.4 is 10.3 Å². The van der Waals surface area contributed by atoms with Gasteiger partial charge in [-0.1, -0.05) is 23.7 Å². The number of aromatic nitrogens is 3. The first-order valence-corrected chi connectivity index (χ1v) is 12.1. The third-order valence-electron chi connectivity index (χ3n) is 6.46. The first-order valence-electron chi connectivity index (χ1n) is 11.8. The molecule has 9 heteroatoms. The van der Waals surface area contributed by atoms with Gasteiger partial charge in [0.1, 0.15) is 11.5 Å². The minimum atomic E-state index is -0.337. The fourth-order valence-electron chi connectivity index (χ4n) is 4.43. The van der Waals surface area contributed by atoms with Crippen molar-refractivity contribution >= 4 is 23.2 Å². The van der Waals surface area contributed by atoms with Crippen LogP contribution in [0.3, 0.4) is 0 Å². The molecule has 7 nitrogen and oxygen atoms in total. The first kappa shape index (κ1) is 24.0. The van der Waals surface area contributed by atoms with E-state index in [9.17, 15) is 9.18 Å². The van der Waals surface area contributed by atoms with E-state index in [-0.39, 0.29) is 17.4 Å². The highest BCUT2D eigenvalue weighted by Gasteiger charge is 2.22. The Bertz CT molecular complexity index is 1330. The minimum absolute atomic E-state index is 0.222. The summed E-state index contributed by atoms with van der Waals surface area (Å²) < 4.78 is 15.1. The van der Waals surface area contributed by atoms with Crippen LogP contribution in [0.4, 0.5) is 10.1 Å². The summed E-state index contributed by atoms with van der Waals surface area (Å²) in [6, 6.07) is 16.3. The highest BCUT2D eigenvalue weighted by atomic mass is 35.5. The average molecular weight is 505 g/mol. The van der Waals surface area contributed by atoms with Gasteiger partial charge in [0.2, 0.25) is 0 Å². The second kappa shape index (κ2) is 10.5. The maximum Gasteiger partial charge on any atom is 0.290 e. The maximum absolute atomic E-state index is 13.3. The van der Waals surface area contributed by atoms with Crippen molar-refractivity contribution in [2.45, 2.75) is 13.5 Å². The standard InChI is InChI=1S/C27H26ClFN6O/c1-19-21(18-33-12-14-34(15-13-33)24-8-6-23(29)7-9-24)16-26(20-2-4-22(28)5-3-20)35(19)32-27(36)25-17-30-10-11-31-25/h2-11,16-17H,12-15,18H2,1H3,(H,32,36). The number of halogens is 2. The van der Waals surface area contributed by atoms with Crippen LogP contribution in [0.5, 0.6) is 0 Å². The van der Waals surface area contributed by atoms with Crippen molar-refractivity contribution in [3.63, 3.8) is 0 Å². The van der Waals surface area contributed by atoms with E-state index < -0.39 is 0 Å². The van der Waals surface area contributed by atoms with Crippen LogP contribution in [0, 0.1) is 12.7 Å². The van der Waals surface area contributed by atoms with Crippen LogP contribution in [0.15, 0.2) is 73.2 Å². The zero-order valence-electron chi connectivity index (χ0n) is 19.9. The summed E-state index contributed by atoms with van der Waals surface area (Å²) in [5.41, 5.74) is 8.13. The van der Waals surface area contributed by atoms with Crippen molar-refractivity contribution < 1.29 is 9.18 Å². The molecule has 0 spiro atoms. The Morgan fingerprint density at radius 2 is 1.75 bits per heavy atom. The number of hydrogen-bond acceptors (Lipinski definition) is 5. The number of carbonyl (C=O) groups is 1. The van der Waals surface area contributed by atoms with Gasteiger partial charge in [0.05, 0.1) is 11.9 Å². The van der Waals surface area contributed by atoms with Gasteiger partial charge in [-0.3, -0.25) is 24.8 Å². The van der Waals surface area contributed by atoms with Crippen LogP contribution in [0.2, 0.25) is 5.02 Å². The Labute approximate surface area is 214 Å². The summed E-state index contributed by atoms with van der Waals surface area (Å²) in [6.07, 6.45) is 4.47. The van der Waals surface area contributed by atoms with Gasteiger partial charge in [-0.05, 0) is 55.0 Å². The molecular weight excluding hydrogens is 479 g/mol. The van der Waals surface area contributed by atoms with Crippen molar-refractivity contribution in [3.8, 4) is 11.3 Å². The summed E-state index contributed by atoms with van der Waals surface area (Å²) in [5, 5.41) is 0.649. The highest BCUT2D eigenvalue weighted by molar-refractivity contribution is 6.30. The molecule has 2 aromatic heterocycles. The number of rotatable bonds is 6. The predicted molar refractivity (Wildman–Crippen MR) is 139 cm³/mol. The molecule has 1 aliphatic heterocycles. The topological polar surface area (TPSA) is 66.3 Å². The number of hydrogen-bond donors (Lipinski definition) is 1. The van der Waals surface area contributed by atoms with Crippen LogP contribution in [-0.4, -0.2) is 51.6 Å². The molecule has 1 aliphatic rings. The molecule has 1 saturated heterocycles. The molecule has 1 fully saturated rings. The Morgan fingerprint density at radius 1 is 1.03 bits per heavy atom. The second-order valence-electron chi connectivity index (χ2n) is 8.75. The van der Waals surface area contributed by atoms with Gasteiger partial charge in [-0.2, -0.15) is 0 Å². The van der Waals surface area contributed by atoms with E-state index in [4.69, 9.17) is 11.6 Å². The summed E-state index contributed by atoms with van der Waals surface area (Å²) in [5.74, 6) is -0.559. The molecule has 4 aromatic rings. The van der Waals surface area contributed by atoms with Crippen LogP contribution in [-0.2, 0) is 6.54 Å². The molecule has 36 heavy (non-hydrogen) atoms. The van der Waals surface area contributed by atoms with Crippen molar-refractivity contribution in [3.05, 3.63) is 101 Å². The molecule has 0 radical (unpaired) electrons. The molecule has 3 heterocycles. The third-order valence-corrected chi connectivity index (χ3v) is 6.71. The zero-order valence-corrected chi connectivity index (χ0v) is 20.6. The fraction of sp³-hybridized carbons (Fsp3) is 0.222. The maximum atomic E-state index is 13.3. The molecular formula is C27H26ClFN6O. The molecule has 1 N–H and O–H groups in total. The number of benzene rings is 2. The SMILES string of the molecule is Cc1c(CN2CCN(c3ccc(F)cc3)CC2)cc(-c2ccc(Cl)cc2)n1NC(=O)c1cnccn1. The second-order valence-corrected chi connectivity index (χ2v) is 9.19. The number of nitrogens with one attached hydrogen (secondary N) is 1. The van der Waals surface area contributed by atoms with Crippen LogP contribution in [0.1, 0.15) is 21.7 Å². The number of nitrogens with zero attached hydrogens (tertiary/aromatic N) is 5. The monoisotopic (exact) mass is 504 g/mol. The molecule has 0 bridgehead atoms. The Balaban J connectivity index is 1.36. The molecule has 0 saturated carbocycles. The summed E-state index contributed by atoms with van der Waals surface area (Å²) in [4.78, 5) is 25.7. The molecule has 0 atom stereocenters. The van der Waals surface area contributed by atoms with Crippen molar-refractivity contribution in [1.82, 2.24) is 19.5 Å². The molecule has 1 amide bonds. The average Bonchev–Trinajstić information content (AvgIpc) is 3.20. The van der Waals surface area contributed by atoms with Crippen molar-refractivity contribution in [2.24, 2.45) is 0 Å². The van der Waals surface area contributed by atoms with E-state index in [2.05, 4.69) is 31.3 Å². The highest BCUT2D eigenvalue weighted by Crippen LogP contribution is 2.28. The van der Waals surface area contributed by atoms with Gasteiger partial charge < -0.3 is 4.90 Å². The largest absolute Gasteiger partial charge is 0.369 e. The Kier molecular flexibility index (Phi) is 6.97. The van der Waals surface area contributed by atoms with Gasteiger partial charge in [-0.25, -0.2) is 9.37 Å². The number of amides is 1. The molecule has 5 rings (SSSR count). The lowest BCUT2D eigenvalue weighted by atomic mass is 10.1. The van der Waals surface area contributed by atoms with Gasteiger partial charge in [-0.15, -0.1) is 0 Å². The van der Waals surface area contributed by atoms with E-state index in [1.165, 1.54) is 30.7 Å². The van der Waals surface area contributed by atoms with E-state index in [1.807, 2.05) is 48.0 Å². The van der Waals surface area contributed by atoms with Crippen molar-refractivity contribution in [2.75, 3.05) is 36.5 Å². The van der Waals surface area contributed by atoms with Gasteiger partial charge in [0.15, 0.2) is 0 Å². The van der Waals surface area contributed by atoms with E-state index in [0.717, 1.165) is 60.9 Å².